The van der Waals surface area contributed by atoms with Crippen molar-refractivity contribution < 1.29 is 9.47 Å². The van der Waals surface area contributed by atoms with Crippen molar-refractivity contribution in [3.05, 3.63) is 57.0 Å². The Balaban J connectivity index is 1.37. The zero-order chi connectivity index (χ0) is 21.0. The van der Waals surface area contributed by atoms with Gasteiger partial charge in [0.15, 0.2) is 16.5 Å². The first kappa shape index (κ1) is 19.6. The fourth-order valence-electron chi connectivity index (χ4n) is 5.38. The van der Waals surface area contributed by atoms with Gasteiger partial charge in [-0.3, -0.25) is 14.1 Å². The molecule has 158 valence electrons. The predicted molar refractivity (Wildman–Crippen MR) is 118 cm³/mol. The van der Waals surface area contributed by atoms with Crippen molar-refractivity contribution >= 4 is 16.3 Å². The van der Waals surface area contributed by atoms with Crippen LogP contribution in [0.15, 0.2) is 34.6 Å². The molecule has 4 unspecified atom stereocenters. The highest BCUT2D eigenvalue weighted by molar-refractivity contribution is 7.15. The Morgan fingerprint density at radius 3 is 2.77 bits per heavy atom. The molecule has 0 radical (unpaired) electrons. The van der Waals surface area contributed by atoms with E-state index in [1.807, 2.05) is 24.6 Å². The second kappa shape index (κ2) is 7.39. The summed E-state index contributed by atoms with van der Waals surface area (Å²) in [6.45, 7) is 6.17. The standard InChI is InChI=1S/C23H27N3O3S/c1-13-21(22(27)26-7-8-30-23(26)24-13)14(2)25-11-16-9-17(18(16)12-25)15-5-6-19(28-3)20(10-15)29-4/h5-8,10,14,16-18H,9,11-12H2,1-4H3. The first-order valence-electron chi connectivity index (χ1n) is 10.4. The Bertz CT molecular complexity index is 1150. The van der Waals surface area contributed by atoms with Gasteiger partial charge in [0.2, 0.25) is 0 Å². The number of thiazole rings is 1. The zero-order valence-corrected chi connectivity index (χ0v) is 18.6. The van der Waals surface area contributed by atoms with E-state index in [2.05, 4.69) is 28.9 Å². The monoisotopic (exact) mass is 425 g/mol. The summed E-state index contributed by atoms with van der Waals surface area (Å²) >= 11 is 1.50. The van der Waals surface area contributed by atoms with Gasteiger partial charge in [-0.2, -0.15) is 0 Å². The van der Waals surface area contributed by atoms with Crippen molar-refractivity contribution in [2.24, 2.45) is 11.8 Å². The van der Waals surface area contributed by atoms with Crippen LogP contribution in [0.1, 0.15) is 42.1 Å². The number of hydrogen-bond acceptors (Lipinski definition) is 6. The molecule has 2 aliphatic rings. The highest BCUT2D eigenvalue weighted by atomic mass is 32.1. The van der Waals surface area contributed by atoms with Crippen LogP contribution < -0.4 is 15.0 Å². The summed E-state index contributed by atoms with van der Waals surface area (Å²) in [5.74, 6) is 3.40. The average Bonchev–Trinajstić information content (AvgIpc) is 3.33. The number of benzene rings is 1. The van der Waals surface area contributed by atoms with E-state index in [4.69, 9.17) is 9.47 Å². The summed E-state index contributed by atoms with van der Waals surface area (Å²) in [5.41, 5.74) is 3.07. The van der Waals surface area contributed by atoms with Gasteiger partial charge in [0.1, 0.15) is 0 Å². The van der Waals surface area contributed by atoms with Crippen molar-refractivity contribution in [1.29, 1.82) is 0 Å². The highest BCUT2D eigenvalue weighted by Crippen LogP contribution is 2.53. The first-order valence-corrected chi connectivity index (χ1v) is 11.3. The number of nitrogens with zero attached hydrogens (tertiary/aromatic N) is 3. The molecule has 3 heterocycles. The van der Waals surface area contributed by atoms with Gasteiger partial charge >= 0.3 is 0 Å². The molecular formula is C23H27N3O3S. The summed E-state index contributed by atoms with van der Waals surface area (Å²) in [6.07, 6.45) is 3.01. The van der Waals surface area contributed by atoms with Gasteiger partial charge in [-0.25, -0.2) is 4.98 Å². The maximum Gasteiger partial charge on any atom is 0.263 e. The van der Waals surface area contributed by atoms with E-state index < -0.39 is 0 Å². The van der Waals surface area contributed by atoms with Crippen LogP contribution in [0, 0.1) is 18.8 Å². The molecule has 2 aromatic heterocycles. The second-order valence-electron chi connectivity index (χ2n) is 8.48. The third kappa shape index (κ3) is 2.94. The summed E-state index contributed by atoms with van der Waals surface area (Å²) in [7, 11) is 3.35. The van der Waals surface area contributed by atoms with Crippen LogP contribution in [0.2, 0.25) is 0 Å². The van der Waals surface area contributed by atoms with Crippen molar-refractivity contribution in [3.63, 3.8) is 0 Å². The molecule has 30 heavy (non-hydrogen) atoms. The molecule has 0 spiro atoms. The summed E-state index contributed by atoms with van der Waals surface area (Å²) in [6, 6.07) is 6.36. The summed E-state index contributed by atoms with van der Waals surface area (Å²) in [5, 5.41) is 1.92. The van der Waals surface area contributed by atoms with Gasteiger partial charge in [-0.15, -0.1) is 11.3 Å². The molecule has 2 fully saturated rings. The molecule has 1 saturated heterocycles. The van der Waals surface area contributed by atoms with Gasteiger partial charge in [-0.05, 0) is 55.7 Å². The molecular weight excluding hydrogens is 398 g/mol. The summed E-state index contributed by atoms with van der Waals surface area (Å²) in [4.78, 5) is 21.0. The van der Waals surface area contributed by atoms with Crippen LogP contribution in [0.5, 0.6) is 11.5 Å². The number of ether oxygens (including phenoxy) is 2. The number of aryl methyl sites for hydroxylation is 1. The molecule has 0 amide bonds. The van der Waals surface area contributed by atoms with Crippen molar-refractivity contribution in [2.45, 2.75) is 32.2 Å². The maximum atomic E-state index is 13.1. The van der Waals surface area contributed by atoms with Crippen molar-refractivity contribution in [3.8, 4) is 11.5 Å². The van der Waals surface area contributed by atoms with E-state index in [0.717, 1.165) is 40.8 Å². The lowest BCUT2D eigenvalue weighted by molar-refractivity contribution is 0.190. The molecule has 1 aliphatic carbocycles. The van der Waals surface area contributed by atoms with Gasteiger partial charge in [0.05, 0.1) is 25.5 Å². The van der Waals surface area contributed by atoms with Crippen molar-refractivity contribution in [2.75, 3.05) is 27.3 Å². The molecule has 1 aromatic carbocycles. The Morgan fingerprint density at radius 1 is 1.20 bits per heavy atom. The number of likely N-dealkylation sites (tertiary alicyclic amines) is 1. The third-order valence-electron chi connectivity index (χ3n) is 7.09. The number of aromatic nitrogens is 2. The minimum absolute atomic E-state index is 0.0680. The largest absolute Gasteiger partial charge is 0.493 e. The van der Waals surface area contributed by atoms with Crippen LogP contribution in [0.4, 0.5) is 0 Å². The van der Waals surface area contributed by atoms with E-state index in [-0.39, 0.29) is 11.6 Å². The molecule has 0 N–H and O–H groups in total. The Kier molecular flexibility index (Phi) is 4.82. The lowest BCUT2D eigenvalue weighted by Crippen LogP contribution is -2.33. The maximum absolute atomic E-state index is 13.1. The first-order chi connectivity index (χ1) is 14.5. The molecule has 0 bridgehead atoms. The number of fused-ring (bicyclic) bond motifs is 2. The van der Waals surface area contributed by atoms with Gasteiger partial charge in [-0.1, -0.05) is 6.07 Å². The lowest BCUT2D eigenvalue weighted by Gasteiger charge is -2.40. The molecule has 1 saturated carbocycles. The lowest BCUT2D eigenvalue weighted by atomic mass is 9.64. The fraction of sp³-hybridized carbons (Fsp3) is 0.478. The number of methoxy groups -OCH3 is 2. The Morgan fingerprint density at radius 2 is 2.00 bits per heavy atom. The van der Waals surface area contributed by atoms with Gasteiger partial charge in [0, 0.05) is 30.7 Å². The molecule has 1 aliphatic heterocycles. The average molecular weight is 426 g/mol. The van der Waals surface area contributed by atoms with Crippen LogP contribution in [0.25, 0.3) is 4.96 Å². The normalized spacial score (nSPS) is 24.5. The third-order valence-corrected chi connectivity index (χ3v) is 7.84. The van der Waals surface area contributed by atoms with Crippen LogP contribution in [-0.2, 0) is 0 Å². The minimum Gasteiger partial charge on any atom is -0.493 e. The van der Waals surface area contributed by atoms with Crippen LogP contribution in [-0.4, -0.2) is 41.6 Å². The second-order valence-corrected chi connectivity index (χ2v) is 9.36. The van der Waals surface area contributed by atoms with E-state index >= 15 is 0 Å². The van der Waals surface area contributed by atoms with Crippen molar-refractivity contribution in [1.82, 2.24) is 14.3 Å². The predicted octanol–water partition coefficient (Wildman–Crippen LogP) is 3.88. The van der Waals surface area contributed by atoms with Gasteiger partial charge in [0.25, 0.3) is 5.56 Å². The summed E-state index contributed by atoms with van der Waals surface area (Å²) < 4.78 is 12.6. The Labute approximate surface area is 180 Å². The smallest absolute Gasteiger partial charge is 0.263 e. The minimum atomic E-state index is 0.0680. The number of hydrogen-bond donors (Lipinski definition) is 0. The van der Waals surface area contributed by atoms with Crippen LogP contribution in [0.3, 0.4) is 0 Å². The number of rotatable bonds is 5. The highest BCUT2D eigenvalue weighted by Gasteiger charge is 2.48. The van der Waals surface area contributed by atoms with E-state index in [9.17, 15) is 4.79 Å². The molecule has 5 rings (SSSR count). The van der Waals surface area contributed by atoms with Gasteiger partial charge < -0.3 is 9.47 Å². The quantitative estimate of drug-likeness (QED) is 0.621. The van der Waals surface area contributed by atoms with E-state index in [1.54, 1.807) is 18.6 Å². The zero-order valence-electron chi connectivity index (χ0n) is 17.8. The Hall–Kier alpha value is -2.38. The molecule has 3 aromatic rings. The van der Waals surface area contributed by atoms with E-state index in [0.29, 0.717) is 17.8 Å². The van der Waals surface area contributed by atoms with E-state index in [1.165, 1.54) is 23.3 Å². The van der Waals surface area contributed by atoms with Crippen LogP contribution >= 0.6 is 11.3 Å². The molecule has 6 nitrogen and oxygen atoms in total. The molecule has 7 heteroatoms. The fourth-order valence-corrected chi connectivity index (χ4v) is 6.13. The molecule has 4 atom stereocenters. The SMILES string of the molecule is COc1ccc(C2CC3CN(C(C)c4c(C)nc5sccn5c4=O)CC32)cc1OC. The topological polar surface area (TPSA) is 56.1 Å².